The third-order valence-electron chi connectivity index (χ3n) is 4.66. The molecule has 21 heavy (non-hydrogen) atoms. The normalized spacial score (nSPS) is 29.1. The lowest BCUT2D eigenvalue weighted by Gasteiger charge is -2.46. The highest BCUT2D eigenvalue weighted by molar-refractivity contribution is 5.69. The first-order valence-electron chi connectivity index (χ1n) is 7.44. The van der Waals surface area contributed by atoms with Crippen LogP contribution in [0.15, 0.2) is 24.3 Å². The topological polar surface area (TPSA) is 55.8 Å². The zero-order valence-corrected chi connectivity index (χ0v) is 13.0. The number of aliphatic carboxylic acids is 1. The molecule has 0 saturated carbocycles. The summed E-state index contributed by atoms with van der Waals surface area (Å²) >= 11 is 0. The molecule has 0 spiro atoms. The fraction of sp³-hybridized carbons (Fsp3) is 0.588. The molecule has 0 aliphatic carbocycles. The van der Waals surface area contributed by atoms with Gasteiger partial charge in [0, 0.05) is 17.6 Å². The first-order chi connectivity index (χ1) is 9.95. The summed E-state index contributed by atoms with van der Waals surface area (Å²) in [5.74, 6) is -0.0136. The molecule has 1 aliphatic rings. The largest absolute Gasteiger partial charge is 0.496 e. The first-order valence-corrected chi connectivity index (χ1v) is 7.44. The smallest absolute Gasteiger partial charge is 0.304 e. The van der Waals surface area contributed by atoms with Crippen molar-refractivity contribution in [2.45, 2.75) is 50.5 Å². The Morgan fingerprint density at radius 1 is 1.43 bits per heavy atom. The lowest BCUT2D eigenvalue weighted by atomic mass is 9.66. The van der Waals surface area contributed by atoms with Crippen molar-refractivity contribution >= 4 is 5.97 Å². The quantitative estimate of drug-likeness (QED) is 0.904. The maximum Gasteiger partial charge on any atom is 0.304 e. The van der Waals surface area contributed by atoms with Gasteiger partial charge < -0.3 is 14.6 Å². The Labute approximate surface area is 126 Å². The predicted molar refractivity (Wildman–Crippen MR) is 80.8 cm³/mol. The van der Waals surface area contributed by atoms with E-state index in [-0.39, 0.29) is 12.0 Å². The second kappa shape index (κ2) is 6.06. The number of carboxylic acid groups (broad SMARTS) is 1. The molecule has 1 heterocycles. The fourth-order valence-corrected chi connectivity index (χ4v) is 3.42. The molecule has 1 fully saturated rings. The molecule has 1 aromatic carbocycles. The fourth-order valence-electron chi connectivity index (χ4n) is 3.42. The molecule has 0 radical (unpaired) electrons. The first kappa shape index (κ1) is 15.8. The standard InChI is InChI=1S/C17H24O4/c1-4-16(2)12-17(9-10-21-16,11-15(18)19)13-7-5-6-8-14(13)20-3/h5-8H,4,9-12H2,1-3H3,(H,18,19)/t16-,17-/m1/s1. The van der Waals surface area contributed by atoms with E-state index in [1.54, 1.807) is 7.11 Å². The van der Waals surface area contributed by atoms with Gasteiger partial charge in [-0.25, -0.2) is 0 Å². The van der Waals surface area contributed by atoms with E-state index in [0.29, 0.717) is 19.4 Å². The van der Waals surface area contributed by atoms with Crippen LogP contribution >= 0.6 is 0 Å². The van der Waals surface area contributed by atoms with E-state index in [2.05, 4.69) is 13.8 Å². The van der Waals surface area contributed by atoms with Gasteiger partial charge in [0.15, 0.2) is 0 Å². The minimum absolute atomic E-state index is 0.103. The summed E-state index contributed by atoms with van der Waals surface area (Å²) in [6.07, 6.45) is 2.37. The summed E-state index contributed by atoms with van der Waals surface area (Å²) in [5, 5.41) is 9.42. The van der Waals surface area contributed by atoms with Crippen LogP contribution in [0.4, 0.5) is 0 Å². The van der Waals surface area contributed by atoms with Crippen LogP contribution in [-0.4, -0.2) is 30.4 Å². The van der Waals surface area contributed by atoms with Crippen molar-refractivity contribution in [3.63, 3.8) is 0 Å². The average molecular weight is 292 g/mol. The number of ether oxygens (including phenoxy) is 2. The molecule has 1 aliphatic heterocycles. The van der Waals surface area contributed by atoms with Crippen LogP contribution in [0, 0.1) is 0 Å². The second-order valence-electron chi connectivity index (χ2n) is 6.13. The third kappa shape index (κ3) is 3.21. The van der Waals surface area contributed by atoms with E-state index in [4.69, 9.17) is 9.47 Å². The van der Waals surface area contributed by atoms with Crippen molar-refractivity contribution in [1.82, 2.24) is 0 Å². The molecule has 0 bridgehead atoms. The molecule has 4 heteroatoms. The van der Waals surface area contributed by atoms with Gasteiger partial charge in [0.2, 0.25) is 0 Å². The number of rotatable bonds is 5. The monoisotopic (exact) mass is 292 g/mol. The summed E-state index contributed by atoms with van der Waals surface area (Å²) in [5.41, 5.74) is 0.272. The molecule has 0 amide bonds. The van der Waals surface area contributed by atoms with Gasteiger partial charge in [-0.2, -0.15) is 0 Å². The maximum atomic E-state index is 11.5. The van der Waals surface area contributed by atoms with Crippen LogP contribution in [0.1, 0.15) is 45.1 Å². The van der Waals surface area contributed by atoms with E-state index in [1.165, 1.54) is 0 Å². The van der Waals surface area contributed by atoms with Crippen molar-refractivity contribution in [3.05, 3.63) is 29.8 Å². The Bertz CT molecular complexity index is 513. The van der Waals surface area contributed by atoms with Crippen molar-refractivity contribution in [2.75, 3.05) is 13.7 Å². The van der Waals surface area contributed by atoms with Crippen LogP contribution in [0.25, 0.3) is 0 Å². The lowest BCUT2D eigenvalue weighted by molar-refractivity contribution is -0.143. The number of para-hydroxylation sites is 1. The lowest BCUT2D eigenvalue weighted by Crippen LogP contribution is -2.46. The zero-order chi connectivity index (χ0) is 15.5. The van der Waals surface area contributed by atoms with E-state index < -0.39 is 11.4 Å². The van der Waals surface area contributed by atoms with Crippen LogP contribution in [-0.2, 0) is 14.9 Å². The third-order valence-corrected chi connectivity index (χ3v) is 4.66. The molecule has 1 N–H and O–H groups in total. The summed E-state index contributed by atoms with van der Waals surface area (Å²) < 4.78 is 11.4. The molecule has 2 rings (SSSR count). The second-order valence-corrected chi connectivity index (χ2v) is 6.13. The number of carbonyl (C=O) groups is 1. The highest BCUT2D eigenvalue weighted by Crippen LogP contribution is 2.47. The van der Waals surface area contributed by atoms with E-state index in [1.807, 2.05) is 24.3 Å². The summed E-state index contributed by atoms with van der Waals surface area (Å²) in [4.78, 5) is 11.5. The van der Waals surface area contributed by atoms with E-state index >= 15 is 0 Å². The Morgan fingerprint density at radius 2 is 2.14 bits per heavy atom. The SMILES string of the molecule is CC[C@]1(C)C[C@@](CC(=O)O)(c2ccccc2OC)CCO1. The summed E-state index contributed by atoms with van der Waals surface area (Å²) in [7, 11) is 1.63. The molecule has 1 saturated heterocycles. The zero-order valence-electron chi connectivity index (χ0n) is 13.0. The minimum Gasteiger partial charge on any atom is -0.496 e. The van der Waals surface area contributed by atoms with Gasteiger partial charge >= 0.3 is 5.97 Å². The number of carboxylic acids is 1. The number of methoxy groups -OCH3 is 1. The molecule has 1 aromatic rings. The molecular weight excluding hydrogens is 268 g/mol. The number of hydrogen-bond acceptors (Lipinski definition) is 3. The Hall–Kier alpha value is -1.55. The van der Waals surface area contributed by atoms with Crippen LogP contribution in [0.5, 0.6) is 5.75 Å². The van der Waals surface area contributed by atoms with Gasteiger partial charge in [0.05, 0.1) is 19.1 Å². The molecule has 0 aromatic heterocycles. The number of benzene rings is 1. The van der Waals surface area contributed by atoms with Gasteiger partial charge in [0.25, 0.3) is 0 Å². The number of hydrogen-bond donors (Lipinski definition) is 1. The molecule has 0 unspecified atom stereocenters. The minimum atomic E-state index is -0.777. The van der Waals surface area contributed by atoms with Crippen molar-refractivity contribution in [2.24, 2.45) is 0 Å². The van der Waals surface area contributed by atoms with E-state index in [9.17, 15) is 9.90 Å². The van der Waals surface area contributed by atoms with Gasteiger partial charge in [-0.15, -0.1) is 0 Å². The van der Waals surface area contributed by atoms with Crippen molar-refractivity contribution < 1.29 is 19.4 Å². The van der Waals surface area contributed by atoms with Crippen molar-refractivity contribution in [3.8, 4) is 5.75 Å². The molecular formula is C17H24O4. The predicted octanol–water partition coefficient (Wildman–Crippen LogP) is 3.39. The molecule has 4 nitrogen and oxygen atoms in total. The molecule has 2 atom stereocenters. The van der Waals surface area contributed by atoms with Gasteiger partial charge in [-0.05, 0) is 32.3 Å². The summed E-state index contributed by atoms with van der Waals surface area (Å²) in [6.45, 7) is 4.73. The average Bonchev–Trinajstić information content (AvgIpc) is 2.46. The van der Waals surface area contributed by atoms with E-state index in [0.717, 1.165) is 17.7 Å². The maximum absolute atomic E-state index is 11.5. The van der Waals surface area contributed by atoms with Gasteiger partial charge in [0.1, 0.15) is 5.75 Å². The van der Waals surface area contributed by atoms with Gasteiger partial charge in [-0.3, -0.25) is 4.79 Å². The molecule has 116 valence electrons. The Kier molecular flexibility index (Phi) is 4.57. The van der Waals surface area contributed by atoms with Crippen molar-refractivity contribution in [1.29, 1.82) is 0 Å². The highest BCUT2D eigenvalue weighted by atomic mass is 16.5. The Balaban J connectivity index is 2.49. The van der Waals surface area contributed by atoms with Crippen LogP contribution < -0.4 is 4.74 Å². The van der Waals surface area contributed by atoms with Crippen LogP contribution in [0.3, 0.4) is 0 Å². The summed E-state index contributed by atoms with van der Waals surface area (Å²) in [6, 6.07) is 7.75. The Morgan fingerprint density at radius 3 is 2.76 bits per heavy atom. The van der Waals surface area contributed by atoms with Gasteiger partial charge in [-0.1, -0.05) is 25.1 Å². The highest BCUT2D eigenvalue weighted by Gasteiger charge is 2.46. The van der Waals surface area contributed by atoms with Crippen LogP contribution in [0.2, 0.25) is 0 Å².